The van der Waals surface area contributed by atoms with Gasteiger partial charge in [-0.3, -0.25) is 4.90 Å². The molecule has 0 aliphatic carbocycles. The van der Waals surface area contributed by atoms with Gasteiger partial charge in [0.05, 0.1) is 5.69 Å². The molecule has 0 spiro atoms. The Balaban J connectivity index is 2.29. The molecule has 0 saturated carbocycles. The first kappa shape index (κ1) is 13.4. The van der Waals surface area contributed by atoms with Crippen LogP contribution < -0.4 is 4.90 Å². The van der Waals surface area contributed by atoms with Gasteiger partial charge in [-0.15, -0.1) is 0 Å². The maximum absolute atomic E-state index is 12.1. The van der Waals surface area contributed by atoms with Crippen LogP contribution in [-0.4, -0.2) is 28.8 Å². The van der Waals surface area contributed by atoms with Gasteiger partial charge < -0.3 is 9.84 Å². The summed E-state index contributed by atoms with van der Waals surface area (Å²) in [5.41, 5.74) is 0.780. The lowest BCUT2D eigenvalue weighted by Gasteiger charge is -2.26. The van der Waals surface area contributed by atoms with Crippen LogP contribution in [0.3, 0.4) is 0 Å². The topological polar surface area (TPSA) is 66.8 Å². The summed E-state index contributed by atoms with van der Waals surface area (Å²) in [7, 11) is 0. The van der Waals surface area contributed by atoms with Crippen LogP contribution in [0.1, 0.15) is 26.3 Å². The first-order chi connectivity index (χ1) is 8.79. The van der Waals surface area contributed by atoms with Gasteiger partial charge in [0.25, 0.3) is 0 Å². The number of hydrogen-bond acceptors (Lipinski definition) is 3. The molecule has 1 aromatic rings. The standard InChI is InChI=1S/C14H17NO4/c1-14(2,3)19-12(16)11-8-9-6-4-5-7-10(9)15(11)13(17)18/h4-7,11H,8H2,1-3H3,(H,17,18). The van der Waals surface area contributed by atoms with Crippen molar-refractivity contribution in [2.45, 2.75) is 38.8 Å². The normalized spacial score (nSPS) is 18.1. The number of carbonyl (C=O) groups excluding carboxylic acids is 1. The second-order valence-electron chi connectivity index (χ2n) is 5.53. The second kappa shape index (κ2) is 4.57. The molecular weight excluding hydrogens is 246 g/mol. The Bertz CT molecular complexity index is 518. The third-order valence-corrected chi connectivity index (χ3v) is 2.86. The highest BCUT2D eigenvalue weighted by atomic mass is 16.6. The number of fused-ring (bicyclic) bond motifs is 1. The van der Waals surface area contributed by atoms with Gasteiger partial charge in [-0.25, -0.2) is 9.59 Å². The first-order valence-electron chi connectivity index (χ1n) is 6.12. The number of rotatable bonds is 1. The van der Waals surface area contributed by atoms with Crippen molar-refractivity contribution in [1.29, 1.82) is 0 Å². The monoisotopic (exact) mass is 263 g/mol. The second-order valence-corrected chi connectivity index (χ2v) is 5.53. The zero-order chi connectivity index (χ0) is 14.2. The van der Waals surface area contributed by atoms with Crippen LogP contribution in [0.25, 0.3) is 0 Å². The zero-order valence-corrected chi connectivity index (χ0v) is 11.2. The Morgan fingerprint density at radius 2 is 1.95 bits per heavy atom. The van der Waals surface area contributed by atoms with E-state index in [2.05, 4.69) is 0 Å². The van der Waals surface area contributed by atoms with Gasteiger partial charge in [0.15, 0.2) is 0 Å². The number of ether oxygens (including phenoxy) is 1. The van der Waals surface area contributed by atoms with Gasteiger partial charge in [-0.2, -0.15) is 0 Å². The number of benzene rings is 1. The minimum absolute atomic E-state index is 0.359. The molecule has 19 heavy (non-hydrogen) atoms. The van der Waals surface area contributed by atoms with Gasteiger partial charge in [0.2, 0.25) is 0 Å². The molecule has 1 unspecified atom stereocenters. The van der Waals surface area contributed by atoms with Crippen molar-refractivity contribution >= 4 is 17.7 Å². The molecule has 0 bridgehead atoms. The molecule has 2 rings (SSSR count). The number of carbonyl (C=O) groups is 2. The third kappa shape index (κ3) is 2.70. The highest BCUT2D eigenvalue weighted by Crippen LogP contribution is 2.33. The predicted molar refractivity (Wildman–Crippen MR) is 70.3 cm³/mol. The van der Waals surface area contributed by atoms with E-state index in [0.29, 0.717) is 12.1 Å². The average Bonchev–Trinajstić information content (AvgIpc) is 2.65. The van der Waals surface area contributed by atoms with E-state index in [1.807, 2.05) is 12.1 Å². The van der Waals surface area contributed by atoms with E-state index >= 15 is 0 Å². The summed E-state index contributed by atoms with van der Waals surface area (Å²) in [6, 6.07) is 6.32. The van der Waals surface area contributed by atoms with Crippen LogP contribution in [0.4, 0.5) is 10.5 Å². The Hall–Kier alpha value is -2.04. The molecule has 0 aromatic heterocycles. The summed E-state index contributed by atoms with van der Waals surface area (Å²) in [5, 5.41) is 9.30. The number of anilines is 1. The summed E-state index contributed by atoms with van der Waals surface area (Å²) in [5.74, 6) is -0.508. The van der Waals surface area contributed by atoms with E-state index in [1.165, 1.54) is 0 Å². The molecule has 1 aliphatic heterocycles. The van der Waals surface area contributed by atoms with E-state index in [9.17, 15) is 14.7 Å². The zero-order valence-electron chi connectivity index (χ0n) is 11.2. The fourth-order valence-corrected chi connectivity index (χ4v) is 2.18. The van der Waals surface area contributed by atoms with Crippen molar-refractivity contribution in [2.75, 3.05) is 4.90 Å². The number of para-hydroxylation sites is 1. The summed E-state index contributed by atoms with van der Waals surface area (Å²) in [4.78, 5) is 24.6. The Morgan fingerprint density at radius 3 is 2.53 bits per heavy atom. The number of nitrogens with zero attached hydrogens (tertiary/aromatic N) is 1. The summed E-state index contributed by atoms with van der Waals surface area (Å²) < 4.78 is 5.29. The Labute approximate surface area is 111 Å². The maximum Gasteiger partial charge on any atom is 0.412 e. The van der Waals surface area contributed by atoms with Crippen LogP contribution >= 0.6 is 0 Å². The SMILES string of the molecule is CC(C)(C)OC(=O)C1Cc2ccccc2N1C(=O)O. The van der Waals surface area contributed by atoms with Crippen molar-refractivity contribution in [3.8, 4) is 0 Å². The summed E-state index contributed by atoms with van der Waals surface area (Å²) in [6.07, 6.45) is -0.780. The van der Waals surface area contributed by atoms with Gasteiger partial charge in [0.1, 0.15) is 11.6 Å². The van der Waals surface area contributed by atoms with E-state index in [-0.39, 0.29) is 0 Å². The highest BCUT2D eigenvalue weighted by Gasteiger charge is 2.40. The molecule has 1 aliphatic rings. The van der Waals surface area contributed by atoms with E-state index < -0.39 is 23.7 Å². The minimum Gasteiger partial charge on any atom is -0.465 e. The van der Waals surface area contributed by atoms with Gasteiger partial charge in [0, 0.05) is 6.42 Å². The van der Waals surface area contributed by atoms with E-state index in [0.717, 1.165) is 10.5 Å². The van der Waals surface area contributed by atoms with Crippen molar-refractivity contribution in [2.24, 2.45) is 0 Å². The molecule has 5 nitrogen and oxygen atoms in total. The summed E-state index contributed by atoms with van der Waals surface area (Å²) >= 11 is 0. The molecule has 1 amide bonds. The number of esters is 1. The summed E-state index contributed by atoms with van der Waals surface area (Å²) in [6.45, 7) is 5.29. The lowest BCUT2D eigenvalue weighted by atomic mass is 10.1. The van der Waals surface area contributed by atoms with E-state index in [1.54, 1.807) is 32.9 Å². The predicted octanol–water partition coefficient (Wildman–Crippen LogP) is 2.44. The largest absolute Gasteiger partial charge is 0.465 e. The van der Waals surface area contributed by atoms with Crippen LogP contribution in [-0.2, 0) is 16.0 Å². The Kier molecular flexibility index (Phi) is 3.22. The minimum atomic E-state index is -1.14. The highest BCUT2D eigenvalue weighted by molar-refractivity contribution is 5.98. The third-order valence-electron chi connectivity index (χ3n) is 2.86. The molecule has 0 saturated heterocycles. The number of amides is 1. The van der Waals surface area contributed by atoms with Gasteiger partial charge >= 0.3 is 12.1 Å². The smallest absolute Gasteiger partial charge is 0.412 e. The van der Waals surface area contributed by atoms with E-state index in [4.69, 9.17) is 4.74 Å². The maximum atomic E-state index is 12.1. The van der Waals surface area contributed by atoms with Crippen LogP contribution in [0.15, 0.2) is 24.3 Å². The van der Waals surface area contributed by atoms with Crippen LogP contribution in [0.2, 0.25) is 0 Å². The number of hydrogen-bond donors (Lipinski definition) is 1. The van der Waals surface area contributed by atoms with Gasteiger partial charge in [-0.1, -0.05) is 18.2 Å². The average molecular weight is 263 g/mol. The molecule has 1 heterocycles. The molecule has 0 fully saturated rings. The molecule has 102 valence electrons. The van der Waals surface area contributed by atoms with Crippen molar-refractivity contribution in [1.82, 2.24) is 0 Å². The molecule has 0 radical (unpaired) electrons. The lowest BCUT2D eigenvalue weighted by Crippen LogP contribution is -2.45. The van der Waals surface area contributed by atoms with Crippen molar-refractivity contribution in [3.05, 3.63) is 29.8 Å². The first-order valence-corrected chi connectivity index (χ1v) is 6.12. The van der Waals surface area contributed by atoms with Crippen LogP contribution in [0.5, 0.6) is 0 Å². The van der Waals surface area contributed by atoms with Crippen LogP contribution in [0, 0.1) is 0 Å². The molecule has 1 aromatic carbocycles. The fraction of sp³-hybridized carbons (Fsp3) is 0.429. The number of carboxylic acid groups (broad SMARTS) is 1. The molecule has 1 N–H and O–H groups in total. The lowest BCUT2D eigenvalue weighted by molar-refractivity contribution is -0.156. The molecule has 5 heteroatoms. The van der Waals surface area contributed by atoms with Crippen molar-refractivity contribution in [3.63, 3.8) is 0 Å². The van der Waals surface area contributed by atoms with Crippen molar-refractivity contribution < 1.29 is 19.4 Å². The van der Waals surface area contributed by atoms with Gasteiger partial charge in [-0.05, 0) is 32.4 Å². The quantitative estimate of drug-likeness (QED) is 0.790. The fourth-order valence-electron chi connectivity index (χ4n) is 2.18. The molecular formula is C14H17NO4. The Morgan fingerprint density at radius 1 is 1.32 bits per heavy atom. The molecule has 1 atom stereocenters.